The van der Waals surface area contributed by atoms with Crippen molar-refractivity contribution >= 4 is 32.5 Å². The number of aryl methyl sites for hydroxylation is 1. The first-order valence-electron chi connectivity index (χ1n) is 4.77. The summed E-state index contributed by atoms with van der Waals surface area (Å²) in [6.45, 7) is 4.31. The number of benzene rings is 1. The van der Waals surface area contributed by atoms with Crippen LogP contribution in [0.3, 0.4) is 0 Å². The number of hydrogen-bond donors (Lipinski definition) is 0. The number of fused-ring (bicyclic) bond motifs is 1. The molecule has 0 bridgehead atoms. The average Bonchev–Trinajstić information content (AvgIpc) is 2.57. The zero-order chi connectivity index (χ0) is 10.8. The van der Waals surface area contributed by atoms with E-state index in [-0.39, 0.29) is 0 Å². The van der Waals surface area contributed by atoms with Gasteiger partial charge in [-0.15, -0.1) is 11.3 Å². The SMILES string of the molecule is CCO[S@@](=O)c1sc2ccccc2c1C. The van der Waals surface area contributed by atoms with Crippen LogP contribution in [0, 0.1) is 6.92 Å². The van der Waals surface area contributed by atoms with Crippen molar-refractivity contribution in [3.05, 3.63) is 29.8 Å². The lowest BCUT2D eigenvalue weighted by molar-refractivity contribution is 0.372. The first-order valence-corrected chi connectivity index (χ1v) is 6.66. The van der Waals surface area contributed by atoms with Gasteiger partial charge in [-0.25, -0.2) is 4.21 Å². The lowest BCUT2D eigenvalue weighted by atomic mass is 10.2. The summed E-state index contributed by atoms with van der Waals surface area (Å²) in [4.78, 5) is 0. The van der Waals surface area contributed by atoms with Gasteiger partial charge in [-0.1, -0.05) is 18.2 Å². The van der Waals surface area contributed by atoms with Crippen molar-refractivity contribution in [3.63, 3.8) is 0 Å². The van der Waals surface area contributed by atoms with E-state index in [0.717, 1.165) is 14.5 Å². The second-order valence-electron chi connectivity index (χ2n) is 3.15. The van der Waals surface area contributed by atoms with Gasteiger partial charge < -0.3 is 0 Å². The van der Waals surface area contributed by atoms with E-state index in [1.54, 1.807) is 11.3 Å². The van der Waals surface area contributed by atoms with Gasteiger partial charge in [0.05, 0.1) is 6.61 Å². The highest BCUT2D eigenvalue weighted by Crippen LogP contribution is 2.33. The van der Waals surface area contributed by atoms with Crippen LogP contribution in [0.1, 0.15) is 12.5 Å². The van der Waals surface area contributed by atoms with Gasteiger partial charge >= 0.3 is 0 Å². The minimum atomic E-state index is -1.31. The smallest absolute Gasteiger partial charge is 0.199 e. The lowest BCUT2D eigenvalue weighted by Gasteiger charge is -1.98. The molecule has 1 aromatic heterocycles. The summed E-state index contributed by atoms with van der Waals surface area (Å²) in [5, 5.41) is 1.17. The molecule has 0 saturated heterocycles. The second kappa shape index (κ2) is 4.43. The summed E-state index contributed by atoms with van der Waals surface area (Å²) in [6.07, 6.45) is 0. The molecule has 4 heteroatoms. The monoisotopic (exact) mass is 240 g/mol. The van der Waals surface area contributed by atoms with Crippen LogP contribution in [-0.4, -0.2) is 10.8 Å². The van der Waals surface area contributed by atoms with E-state index in [1.807, 2.05) is 38.1 Å². The molecular formula is C11H12O2S2. The predicted octanol–water partition coefficient (Wildman–Crippen LogP) is 3.27. The summed E-state index contributed by atoms with van der Waals surface area (Å²) in [7, 11) is 0. The molecule has 0 aliphatic heterocycles. The summed E-state index contributed by atoms with van der Waals surface area (Å²) in [5.74, 6) is 0. The highest BCUT2D eigenvalue weighted by molar-refractivity contribution is 7.83. The van der Waals surface area contributed by atoms with Gasteiger partial charge in [0.1, 0.15) is 4.21 Å². The van der Waals surface area contributed by atoms with E-state index in [9.17, 15) is 4.21 Å². The zero-order valence-electron chi connectivity index (χ0n) is 8.65. The first kappa shape index (κ1) is 10.8. The van der Waals surface area contributed by atoms with Gasteiger partial charge in [0.25, 0.3) is 0 Å². The molecule has 0 aliphatic carbocycles. The Bertz CT molecular complexity index is 502. The number of hydrogen-bond acceptors (Lipinski definition) is 3. The standard InChI is InChI=1S/C11H12O2S2/c1-3-13-15(12)11-8(2)9-6-4-5-7-10(9)14-11/h4-7H,3H2,1-2H3/t15-/m1/s1. The van der Waals surface area contributed by atoms with Gasteiger partial charge in [0.2, 0.25) is 0 Å². The van der Waals surface area contributed by atoms with Gasteiger partial charge in [0, 0.05) is 4.70 Å². The Kier molecular flexibility index (Phi) is 3.19. The molecule has 2 nitrogen and oxygen atoms in total. The molecule has 80 valence electrons. The molecule has 0 amide bonds. The van der Waals surface area contributed by atoms with Crippen LogP contribution in [0.5, 0.6) is 0 Å². The Balaban J connectivity index is 2.53. The molecule has 1 heterocycles. The van der Waals surface area contributed by atoms with Crippen molar-refractivity contribution in [3.8, 4) is 0 Å². The van der Waals surface area contributed by atoms with E-state index < -0.39 is 11.1 Å². The minimum absolute atomic E-state index is 0.473. The van der Waals surface area contributed by atoms with Crippen molar-refractivity contribution in [1.82, 2.24) is 0 Å². The van der Waals surface area contributed by atoms with Crippen LogP contribution >= 0.6 is 11.3 Å². The van der Waals surface area contributed by atoms with Crippen molar-refractivity contribution in [2.45, 2.75) is 18.1 Å². The summed E-state index contributed by atoms with van der Waals surface area (Å²) in [5.41, 5.74) is 1.07. The third-order valence-corrected chi connectivity index (χ3v) is 4.96. The molecule has 0 fully saturated rings. The van der Waals surface area contributed by atoms with Gasteiger partial charge in [-0.3, -0.25) is 4.18 Å². The molecule has 2 aromatic rings. The van der Waals surface area contributed by atoms with E-state index in [4.69, 9.17) is 4.18 Å². The predicted molar refractivity (Wildman–Crippen MR) is 64.6 cm³/mol. The normalized spacial score (nSPS) is 13.2. The maximum absolute atomic E-state index is 11.7. The fraction of sp³-hybridized carbons (Fsp3) is 0.273. The molecule has 1 aromatic carbocycles. The molecule has 0 unspecified atom stereocenters. The fourth-order valence-electron chi connectivity index (χ4n) is 1.47. The quantitative estimate of drug-likeness (QED) is 0.823. The van der Waals surface area contributed by atoms with Crippen LogP contribution in [0.25, 0.3) is 10.1 Å². The summed E-state index contributed by atoms with van der Waals surface area (Å²) >= 11 is 0.238. The molecule has 15 heavy (non-hydrogen) atoms. The molecule has 0 saturated carbocycles. The summed E-state index contributed by atoms with van der Waals surface area (Å²) < 4.78 is 18.9. The zero-order valence-corrected chi connectivity index (χ0v) is 10.3. The first-order chi connectivity index (χ1) is 7.24. The van der Waals surface area contributed by atoms with Crippen LogP contribution in [0.15, 0.2) is 28.5 Å². The minimum Gasteiger partial charge on any atom is -0.286 e. The van der Waals surface area contributed by atoms with Gasteiger partial charge in [-0.2, -0.15) is 0 Å². The maximum Gasteiger partial charge on any atom is 0.199 e. The topological polar surface area (TPSA) is 26.3 Å². The third-order valence-electron chi connectivity index (χ3n) is 2.18. The Morgan fingerprint density at radius 1 is 1.40 bits per heavy atom. The maximum atomic E-state index is 11.7. The lowest BCUT2D eigenvalue weighted by Crippen LogP contribution is -1.96. The fourth-order valence-corrected chi connectivity index (χ4v) is 3.78. The molecule has 1 atom stereocenters. The number of thiophene rings is 1. The molecule has 0 N–H and O–H groups in total. The Hall–Kier alpha value is -0.710. The Labute approximate surface area is 95.5 Å². The van der Waals surface area contributed by atoms with Crippen LogP contribution in [0.2, 0.25) is 0 Å². The molecule has 0 radical (unpaired) electrons. The van der Waals surface area contributed by atoms with Crippen molar-refractivity contribution < 1.29 is 8.39 Å². The molecule has 0 aliphatic rings. The Morgan fingerprint density at radius 2 is 2.13 bits per heavy atom. The van der Waals surface area contributed by atoms with Gasteiger partial charge in [-0.05, 0) is 30.9 Å². The molecule has 2 rings (SSSR count). The second-order valence-corrected chi connectivity index (χ2v) is 5.58. The van der Waals surface area contributed by atoms with Crippen LogP contribution in [0.4, 0.5) is 0 Å². The third kappa shape index (κ3) is 1.97. The average molecular weight is 240 g/mol. The van der Waals surface area contributed by atoms with Gasteiger partial charge in [0.15, 0.2) is 11.1 Å². The van der Waals surface area contributed by atoms with Crippen molar-refractivity contribution in [1.29, 1.82) is 0 Å². The van der Waals surface area contributed by atoms with Crippen molar-refractivity contribution in [2.24, 2.45) is 0 Å². The molecular weight excluding hydrogens is 228 g/mol. The van der Waals surface area contributed by atoms with Crippen molar-refractivity contribution in [2.75, 3.05) is 6.61 Å². The highest BCUT2D eigenvalue weighted by atomic mass is 32.2. The number of rotatable bonds is 3. The van der Waals surface area contributed by atoms with E-state index >= 15 is 0 Å². The molecule has 0 spiro atoms. The van der Waals surface area contributed by atoms with Crippen LogP contribution < -0.4 is 0 Å². The van der Waals surface area contributed by atoms with Crippen LogP contribution in [-0.2, 0) is 15.3 Å². The summed E-state index contributed by atoms with van der Waals surface area (Å²) in [6, 6.07) is 8.08. The van der Waals surface area contributed by atoms with E-state index in [1.165, 1.54) is 5.39 Å². The largest absolute Gasteiger partial charge is 0.286 e. The highest BCUT2D eigenvalue weighted by Gasteiger charge is 2.13. The van der Waals surface area contributed by atoms with E-state index in [2.05, 4.69) is 0 Å². The Morgan fingerprint density at radius 3 is 2.80 bits per heavy atom. The van der Waals surface area contributed by atoms with E-state index in [0.29, 0.717) is 6.61 Å².